The van der Waals surface area contributed by atoms with Crippen molar-refractivity contribution in [2.75, 3.05) is 26.6 Å². The van der Waals surface area contributed by atoms with Crippen molar-refractivity contribution in [2.45, 2.75) is 24.6 Å². The number of amides is 2. The summed E-state index contributed by atoms with van der Waals surface area (Å²) >= 11 is 1.38. The maximum atomic E-state index is 13.0. The zero-order valence-corrected chi connectivity index (χ0v) is 21.4. The van der Waals surface area contributed by atoms with Crippen molar-refractivity contribution in [2.24, 2.45) is 0 Å². The van der Waals surface area contributed by atoms with Crippen LogP contribution in [-0.2, 0) is 37.0 Å². The Bertz CT molecular complexity index is 1250. The summed E-state index contributed by atoms with van der Waals surface area (Å²) in [7, 11) is 3.03. The molecule has 4 rings (SSSR count). The van der Waals surface area contributed by atoms with Crippen LogP contribution in [0.2, 0.25) is 0 Å². The first-order chi connectivity index (χ1) is 18.3. The Balaban J connectivity index is 1.37. The fourth-order valence-corrected chi connectivity index (χ4v) is 5.25. The van der Waals surface area contributed by atoms with Crippen LogP contribution in [0.4, 0.5) is 10.5 Å². The Kier molecular flexibility index (Phi) is 8.48. The van der Waals surface area contributed by atoms with E-state index >= 15 is 0 Å². The number of fused-ring (bicyclic) bond motifs is 1. The van der Waals surface area contributed by atoms with Gasteiger partial charge in [-0.15, -0.1) is 11.8 Å². The molecule has 0 radical (unpaired) electrons. The van der Waals surface area contributed by atoms with E-state index in [2.05, 4.69) is 5.32 Å². The monoisotopic (exact) mass is 543 g/mol. The lowest BCUT2D eigenvalue weighted by Gasteiger charge is -2.49. The second-order valence-corrected chi connectivity index (χ2v) is 9.45. The van der Waals surface area contributed by atoms with E-state index in [1.54, 1.807) is 31.4 Å². The van der Waals surface area contributed by atoms with Crippen molar-refractivity contribution in [1.82, 2.24) is 10.2 Å². The van der Waals surface area contributed by atoms with Crippen molar-refractivity contribution < 1.29 is 38.3 Å². The first kappa shape index (κ1) is 26.9. The zero-order valence-electron chi connectivity index (χ0n) is 20.6. The van der Waals surface area contributed by atoms with Gasteiger partial charge in [-0.05, 0) is 41.0 Å². The number of nitro groups is 1. The van der Waals surface area contributed by atoms with E-state index < -0.39 is 34.3 Å². The number of β-lactam (4-membered cyclic amide) rings is 1. The number of carbonyl (C=O) groups excluding carboxylic acids is 3. The first-order valence-corrected chi connectivity index (χ1v) is 12.5. The molecule has 0 aromatic heterocycles. The SMILES string of the molecule is COCC1=C(C(=O)OCc2ccc([N+](=O)[O-])cc2)N2C(=O)[C@H](NC(=O)OCc3ccc(OC)cc3)[C@@H]2SC1. The molecular formula is C25H25N3O9S. The molecule has 0 aliphatic carbocycles. The van der Waals surface area contributed by atoms with Gasteiger partial charge in [-0.3, -0.25) is 19.8 Å². The molecule has 2 amide bonds. The first-order valence-electron chi connectivity index (χ1n) is 11.4. The number of hydrogen-bond acceptors (Lipinski definition) is 10. The van der Waals surface area contributed by atoms with E-state index in [4.69, 9.17) is 18.9 Å². The predicted octanol–water partition coefficient (Wildman–Crippen LogP) is 2.76. The number of rotatable bonds is 10. The molecular weight excluding hydrogens is 518 g/mol. The van der Waals surface area contributed by atoms with Gasteiger partial charge in [0.05, 0.1) is 18.6 Å². The molecule has 38 heavy (non-hydrogen) atoms. The number of carbonyl (C=O) groups is 3. The molecule has 2 atom stereocenters. The molecule has 2 aliphatic heterocycles. The number of hydrogen-bond donors (Lipinski definition) is 1. The number of nitrogens with zero attached hydrogens (tertiary/aromatic N) is 2. The van der Waals surface area contributed by atoms with Gasteiger partial charge in [0.1, 0.15) is 36.1 Å². The summed E-state index contributed by atoms with van der Waals surface area (Å²) in [6, 6.07) is 11.7. The second-order valence-electron chi connectivity index (χ2n) is 8.34. The lowest BCUT2D eigenvalue weighted by molar-refractivity contribution is -0.384. The number of ether oxygens (including phenoxy) is 4. The Morgan fingerprint density at radius 1 is 1.03 bits per heavy atom. The standard InChI is InChI=1S/C25H25N3O9S/c1-34-13-17-14-38-23-20(26-25(31)37-12-16-5-9-19(35-2)10-6-16)22(29)27(23)21(17)24(30)36-11-15-3-7-18(8-4-15)28(32)33/h3-10,20,23H,11-14H2,1-2H3,(H,26,31)/t20-,23-/m0/s1. The molecule has 2 aromatic rings. The van der Waals surface area contributed by atoms with Crippen molar-refractivity contribution in [3.8, 4) is 5.75 Å². The maximum absolute atomic E-state index is 13.0. The molecule has 2 aromatic carbocycles. The number of thioether (sulfide) groups is 1. The van der Waals surface area contributed by atoms with E-state index in [1.165, 1.54) is 48.0 Å². The molecule has 2 aliphatic rings. The average molecular weight is 544 g/mol. The van der Waals surface area contributed by atoms with Crippen molar-refractivity contribution in [3.05, 3.63) is 81.0 Å². The van der Waals surface area contributed by atoms with Crippen LogP contribution >= 0.6 is 11.8 Å². The number of nitro benzene ring substituents is 1. The second kappa shape index (κ2) is 12.0. The summed E-state index contributed by atoms with van der Waals surface area (Å²) in [5, 5.41) is 12.9. The van der Waals surface area contributed by atoms with Crippen LogP contribution in [0.25, 0.3) is 0 Å². The van der Waals surface area contributed by atoms with Gasteiger partial charge < -0.3 is 24.3 Å². The Hall–Kier alpha value is -4.10. The van der Waals surface area contributed by atoms with Crippen LogP contribution in [-0.4, -0.2) is 65.8 Å². The minimum Gasteiger partial charge on any atom is -0.497 e. The summed E-state index contributed by atoms with van der Waals surface area (Å²) < 4.78 is 21.0. The zero-order chi connectivity index (χ0) is 27.2. The van der Waals surface area contributed by atoms with E-state index in [9.17, 15) is 24.5 Å². The normalized spacial score (nSPS) is 18.3. The fraction of sp³-hybridized carbons (Fsp3) is 0.320. The summed E-state index contributed by atoms with van der Waals surface area (Å²) in [6.45, 7) is -0.0103. The largest absolute Gasteiger partial charge is 0.497 e. The van der Waals surface area contributed by atoms with Crippen LogP contribution in [0, 0.1) is 10.1 Å². The molecule has 0 unspecified atom stereocenters. The summed E-state index contributed by atoms with van der Waals surface area (Å²) in [5.74, 6) is -0.131. The summed E-state index contributed by atoms with van der Waals surface area (Å²) in [5.41, 5.74) is 1.88. The third-order valence-corrected chi connectivity index (χ3v) is 7.22. The van der Waals surface area contributed by atoms with Crippen LogP contribution in [0.1, 0.15) is 11.1 Å². The van der Waals surface area contributed by atoms with E-state index in [-0.39, 0.29) is 31.2 Å². The van der Waals surface area contributed by atoms with Gasteiger partial charge in [-0.25, -0.2) is 9.59 Å². The molecule has 12 nitrogen and oxygen atoms in total. The smallest absolute Gasteiger partial charge is 0.408 e. The number of nitrogens with one attached hydrogen (secondary N) is 1. The van der Waals surface area contributed by atoms with Gasteiger partial charge >= 0.3 is 12.1 Å². The van der Waals surface area contributed by atoms with Crippen molar-refractivity contribution in [3.63, 3.8) is 0 Å². The highest BCUT2D eigenvalue weighted by Gasteiger charge is 2.54. The Morgan fingerprint density at radius 2 is 1.66 bits per heavy atom. The lowest BCUT2D eigenvalue weighted by atomic mass is 10.0. The molecule has 0 bridgehead atoms. The molecule has 13 heteroatoms. The van der Waals surface area contributed by atoms with Gasteiger partial charge in [0.2, 0.25) is 0 Å². The molecule has 1 saturated heterocycles. The van der Waals surface area contributed by atoms with E-state index in [0.717, 1.165) is 5.56 Å². The molecule has 0 spiro atoms. The van der Waals surface area contributed by atoms with Crippen molar-refractivity contribution >= 4 is 35.4 Å². The fourth-order valence-electron chi connectivity index (χ4n) is 3.93. The highest BCUT2D eigenvalue weighted by atomic mass is 32.2. The number of methoxy groups -OCH3 is 2. The van der Waals surface area contributed by atoms with Gasteiger partial charge in [0, 0.05) is 25.0 Å². The van der Waals surface area contributed by atoms with Gasteiger partial charge in [0.15, 0.2) is 0 Å². The van der Waals surface area contributed by atoms with E-state index in [1.807, 2.05) is 0 Å². The quantitative estimate of drug-likeness (QED) is 0.205. The number of non-ortho nitro benzene ring substituents is 1. The number of esters is 1. The molecule has 200 valence electrons. The number of alkyl carbamates (subject to hydrolysis) is 1. The maximum Gasteiger partial charge on any atom is 0.408 e. The third-order valence-electron chi connectivity index (χ3n) is 5.88. The van der Waals surface area contributed by atoms with Gasteiger partial charge in [-0.1, -0.05) is 12.1 Å². The molecule has 0 saturated carbocycles. The highest BCUT2D eigenvalue weighted by molar-refractivity contribution is 8.00. The summed E-state index contributed by atoms with van der Waals surface area (Å²) in [4.78, 5) is 50.0. The van der Waals surface area contributed by atoms with E-state index in [0.29, 0.717) is 22.6 Å². The van der Waals surface area contributed by atoms with Gasteiger partial charge in [0.25, 0.3) is 11.6 Å². The Morgan fingerprint density at radius 3 is 2.26 bits per heavy atom. The van der Waals surface area contributed by atoms with Crippen LogP contribution in [0.3, 0.4) is 0 Å². The van der Waals surface area contributed by atoms with Crippen LogP contribution in [0.5, 0.6) is 5.75 Å². The third kappa shape index (κ3) is 5.89. The minimum absolute atomic E-state index is 0.0103. The van der Waals surface area contributed by atoms with Gasteiger partial charge in [-0.2, -0.15) is 0 Å². The molecule has 2 heterocycles. The lowest BCUT2D eigenvalue weighted by Crippen LogP contribution is -2.70. The topological polar surface area (TPSA) is 147 Å². The molecule has 1 N–H and O–H groups in total. The number of benzene rings is 2. The highest BCUT2D eigenvalue weighted by Crippen LogP contribution is 2.40. The van der Waals surface area contributed by atoms with Crippen molar-refractivity contribution in [1.29, 1.82) is 0 Å². The van der Waals surface area contributed by atoms with Crippen LogP contribution in [0.15, 0.2) is 59.8 Å². The van der Waals surface area contributed by atoms with Crippen LogP contribution < -0.4 is 10.1 Å². The summed E-state index contributed by atoms with van der Waals surface area (Å²) in [6.07, 6.45) is -0.756. The average Bonchev–Trinajstić information content (AvgIpc) is 2.93. The molecule has 1 fully saturated rings. The predicted molar refractivity (Wildman–Crippen MR) is 135 cm³/mol. The minimum atomic E-state index is -0.870. The Labute approximate surface area is 222 Å².